The van der Waals surface area contributed by atoms with Gasteiger partial charge in [0.1, 0.15) is 11.7 Å². The van der Waals surface area contributed by atoms with Gasteiger partial charge in [0.05, 0.1) is 12.7 Å². The average molecular weight is 232 g/mol. The Morgan fingerprint density at radius 2 is 2.31 bits per heavy atom. The summed E-state index contributed by atoms with van der Waals surface area (Å²) in [5, 5.41) is 20.8. The van der Waals surface area contributed by atoms with Crippen molar-refractivity contribution in [2.75, 3.05) is 19.7 Å². The number of carbonyl (C=O) groups is 1. The van der Waals surface area contributed by atoms with Crippen LogP contribution in [0.15, 0.2) is 0 Å². The molecule has 0 aliphatic carbocycles. The van der Waals surface area contributed by atoms with E-state index < -0.39 is 18.3 Å². The van der Waals surface area contributed by atoms with Crippen molar-refractivity contribution in [3.63, 3.8) is 0 Å². The molecule has 1 heterocycles. The second-order valence-electron chi connectivity index (χ2n) is 4.43. The van der Waals surface area contributed by atoms with Crippen molar-refractivity contribution in [1.29, 1.82) is 0 Å². The average Bonchev–Trinajstić information content (AvgIpc) is 2.74. The van der Waals surface area contributed by atoms with Gasteiger partial charge < -0.3 is 26.0 Å². The fraction of sp³-hybridized carbons (Fsp3) is 0.900. The minimum Gasteiger partial charge on any atom is -0.393 e. The van der Waals surface area contributed by atoms with E-state index in [9.17, 15) is 9.90 Å². The standard InChI is InChI=1S/C10H20N2O4/c1-10(15,6-13)5-12-9(14)8-3-2-7(4-11)16-8/h7-8,13,15H,2-6,11H2,1H3,(H,12,14). The highest BCUT2D eigenvalue weighted by atomic mass is 16.5. The number of hydrogen-bond donors (Lipinski definition) is 4. The third-order valence-corrected chi connectivity index (χ3v) is 2.65. The molecule has 0 aromatic rings. The number of rotatable bonds is 5. The van der Waals surface area contributed by atoms with Gasteiger partial charge in [-0.25, -0.2) is 0 Å². The molecule has 3 atom stereocenters. The van der Waals surface area contributed by atoms with E-state index in [1.807, 2.05) is 0 Å². The molecule has 6 nitrogen and oxygen atoms in total. The first-order chi connectivity index (χ1) is 7.48. The highest BCUT2D eigenvalue weighted by Crippen LogP contribution is 2.18. The van der Waals surface area contributed by atoms with Crippen LogP contribution in [0.3, 0.4) is 0 Å². The molecule has 0 radical (unpaired) electrons. The van der Waals surface area contributed by atoms with E-state index >= 15 is 0 Å². The van der Waals surface area contributed by atoms with Crippen LogP contribution in [0.1, 0.15) is 19.8 Å². The Hall–Kier alpha value is -0.690. The SMILES string of the molecule is CC(O)(CO)CNC(=O)C1CCC(CN)O1. The normalized spacial score (nSPS) is 28.8. The molecule has 0 aromatic heterocycles. The molecule has 1 aliphatic heterocycles. The summed E-state index contributed by atoms with van der Waals surface area (Å²) in [4.78, 5) is 11.6. The fourth-order valence-corrected chi connectivity index (χ4v) is 1.52. The molecule has 6 heteroatoms. The van der Waals surface area contributed by atoms with Crippen LogP contribution < -0.4 is 11.1 Å². The molecule has 0 saturated carbocycles. The summed E-state index contributed by atoms with van der Waals surface area (Å²) in [7, 11) is 0. The van der Waals surface area contributed by atoms with Crippen LogP contribution in [0.4, 0.5) is 0 Å². The van der Waals surface area contributed by atoms with Crippen LogP contribution in [0.25, 0.3) is 0 Å². The minimum absolute atomic E-state index is 0.00941. The molecule has 0 aromatic carbocycles. The molecule has 0 bridgehead atoms. The predicted octanol–water partition coefficient (Wildman–Crippen LogP) is -1.65. The molecule has 16 heavy (non-hydrogen) atoms. The maximum atomic E-state index is 11.6. The van der Waals surface area contributed by atoms with Crippen molar-refractivity contribution in [2.45, 2.75) is 37.6 Å². The molecule has 1 saturated heterocycles. The second kappa shape index (κ2) is 5.58. The molecule has 0 spiro atoms. The summed E-state index contributed by atoms with van der Waals surface area (Å²) in [5.74, 6) is -0.260. The van der Waals surface area contributed by atoms with E-state index in [0.717, 1.165) is 6.42 Å². The number of nitrogens with one attached hydrogen (secondary N) is 1. The monoisotopic (exact) mass is 232 g/mol. The maximum Gasteiger partial charge on any atom is 0.249 e. The van der Waals surface area contributed by atoms with Gasteiger partial charge in [-0.2, -0.15) is 0 Å². The highest BCUT2D eigenvalue weighted by Gasteiger charge is 2.30. The lowest BCUT2D eigenvalue weighted by Gasteiger charge is -2.21. The van der Waals surface area contributed by atoms with E-state index in [4.69, 9.17) is 15.6 Å². The zero-order valence-corrected chi connectivity index (χ0v) is 9.48. The molecular formula is C10H20N2O4. The Kier molecular flexibility index (Phi) is 4.67. The molecule has 94 valence electrons. The van der Waals surface area contributed by atoms with Gasteiger partial charge in [0.15, 0.2) is 0 Å². The molecular weight excluding hydrogens is 212 g/mol. The Balaban J connectivity index is 2.31. The first kappa shape index (κ1) is 13.4. The lowest BCUT2D eigenvalue weighted by Crippen LogP contribution is -2.46. The molecule has 1 rings (SSSR count). The fourth-order valence-electron chi connectivity index (χ4n) is 1.52. The maximum absolute atomic E-state index is 11.6. The van der Waals surface area contributed by atoms with Gasteiger partial charge in [-0.1, -0.05) is 0 Å². The van der Waals surface area contributed by atoms with Crippen LogP contribution >= 0.6 is 0 Å². The topological polar surface area (TPSA) is 105 Å². The van der Waals surface area contributed by atoms with Crippen LogP contribution in [0.5, 0.6) is 0 Å². The van der Waals surface area contributed by atoms with Crippen LogP contribution in [-0.2, 0) is 9.53 Å². The zero-order chi connectivity index (χ0) is 12.2. The third kappa shape index (κ3) is 3.71. The van der Waals surface area contributed by atoms with Crippen molar-refractivity contribution < 1.29 is 19.7 Å². The smallest absolute Gasteiger partial charge is 0.249 e. The van der Waals surface area contributed by atoms with E-state index in [1.165, 1.54) is 6.92 Å². The summed E-state index contributed by atoms with van der Waals surface area (Å²) < 4.78 is 5.39. The second-order valence-corrected chi connectivity index (χ2v) is 4.43. The first-order valence-electron chi connectivity index (χ1n) is 5.45. The lowest BCUT2D eigenvalue weighted by molar-refractivity contribution is -0.133. The van der Waals surface area contributed by atoms with Crippen molar-refractivity contribution >= 4 is 5.91 Å². The van der Waals surface area contributed by atoms with Gasteiger partial charge in [0, 0.05) is 13.1 Å². The summed E-state index contributed by atoms with van der Waals surface area (Å²) in [6.07, 6.45) is 0.900. The quantitative estimate of drug-likeness (QED) is 0.455. The Labute approximate surface area is 94.8 Å². The van der Waals surface area contributed by atoms with Crippen molar-refractivity contribution in [2.24, 2.45) is 5.73 Å². The number of nitrogens with two attached hydrogens (primary N) is 1. The molecule has 5 N–H and O–H groups in total. The van der Waals surface area contributed by atoms with E-state index in [2.05, 4.69) is 5.32 Å². The first-order valence-corrected chi connectivity index (χ1v) is 5.45. The van der Waals surface area contributed by atoms with Crippen LogP contribution in [0, 0.1) is 0 Å². The van der Waals surface area contributed by atoms with Crippen LogP contribution in [0.2, 0.25) is 0 Å². The van der Waals surface area contributed by atoms with Crippen molar-refractivity contribution in [1.82, 2.24) is 5.32 Å². The Morgan fingerprint density at radius 3 is 2.81 bits per heavy atom. The number of carbonyl (C=O) groups excluding carboxylic acids is 1. The molecule has 1 amide bonds. The summed E-state index contributed by atoms with van der Waals surface area (Å²) in [5.41, 5.74) is 4.14. The van der Waals surface area contributed by atoms with Gasteiger partial charge in [-0.3, -0.25) is 4.79 Å². The Morgan fingerprint density at radius 1 is 1.62 bits per heavy atom. The van der Waals surface area contributed by atoms with Crippen molar-refractivity contribution in [3.8, 4) is 0 Å². The van der Waals surface area contributed by atoms with E-state index in [-0.39, 0.29) is 18.6 Å². The molecule has 1 aliphatic rings. The summed E-state index contributed by atoms with van der Waals surface area (Å²) in [6, 6.07) is 0. The largest absolute Gasteiger partial charge is 0.393 e. The minimum atomic E-state index is -1.29. The highest BCUT2D eigenvalue weighted by molar-refractivity contribution is 5.81. The zero-order valence-electron chi connectivity index (χ0n) is 9.48. The third-order valence-electron chi connectivity index (χ3n) is 2.65. The lowest BCUT2D eigenvalue weighted by atomic mass is 10.1. The van der Waals surface area contributed by atoms with Gasteiger partial charge in [-0.05, 0) is 19.8 Å². The van der Waals surface area contributed by atoms with Gasteiger partial charge in [-0.15, -0.1) is 0 Å². The van der Waals surface area contributed by atoms with Crippen LogP contribution in [-0.4, -0.2) is 53.6 Å². The number of ether oxygens (including phenoxy) is 1. The summed E-state index contributed by atoms with van der Waals surface area (Å²) in [6.45, 7) is 1.48. The number of aliphatic hydroxyl groups excluding tert-OH is 1. The van der Waals surface area contributed by atoms with E-state index in [1.54, 1.807) is 0 Å². The van der Waals surface area contributed by atoms with Crippen molar-refractivity contribution in [3.05, 3.63) is 0 Å². The van der Waals surface area contributed by atoms with Gasteiger partial charge in [0.2, 0.25) is 5.91 Å². The van der Waals surface area contributed by atoms with Gasteiger partial charge >= 0.3 is 0 Å². The molecule has 3 unspecified atom stereocenters. The van der Waals surface area contributed by atoms with E-state index in [0.29, 0.717) is 13.0 Å². The summed E-state index contributed by atoms with van der Waals surface area (Å²) >= 11 is 0. The Bertz CT molecular complexity index is 245. The number of amides is 1. The van der Waals surface area contributed by atoms with Gasteiger partial charge in [0.25, 0.3) is 0 Å². The predicted molar refractivity (Wildman–Crippen MR) is 57.7 cm³/mol. The number of aliphatic hydroxyl groups is 2. The molecule has 1 fully saturated rings. The number of hydrogen-bond acceptors (Lipinski definition) is 5.